The van der Waals surface area contributed by atoms with Crippen molar-refractivity contribution in [1.29, 1.82) is 0 Å². The number of rotatable bonds is 5. The summed E-state index contributed by atoms with van der Waals surface area (Å²) >= 11 is 0. The SMILES string of the molecule is CCCCC(=O)N1CCCN(S(=O)(=O)c2cnc[nH]2)CC1. The van der Waals surface area contributed by atoms with Gasteiger partial charge in [0.05, 0.1) is 12.5 Å². The first-order valence-electron chi connectivity index (χ1n) is 7.32. The van der Waals surface area contributed by atoms with Crippen LogP contribution >= 0.6 is 0 Å². The van der Waals surface area contributed by atoms with Crippen LogP contribution in [0.5, 0.6) is 0 Å². The van der Waals surface area contributed by atoms with Gasteiger partial charge in [0.1, 0.15) is 0 Å². The third-order valence-corrected chi connectivity index (χ3v) is 5.47. The standard InChI is InChI=1S/C13H22N4O3S/c1-2-3-5-13(18)16-6-4-7-17(9-8-16)21(19,20)12-10-14-11-15-12/h10-11H,2-9H2,1H3,(H,14,15). The Morgan fingerprint density at radius 1 is 1.33 bits per heavy atom. The fourth-order valence-electron chi connectivity index (χ4n) is 2.39. The molecule has 118 valence electrons. The predicted molar refractivity (Wildman–Crippen MR) is 78.1 cm³/mol. The number of sulfonamides is 1. The smallest absolute Gasteiger partial charge is 0.260 e. The largest absolute Gasteiger partial charge is 0.341 e. The van der Waals surface area contributed by atoms with Crippen molar-refractivity contribution in [2.45, 2.75) is 37.6 Å². The fourth-order valence-corrected chi connectivity index (χ4v) is 3.76. The third-order valence-electron chi connectivity index (χ3n) is 3.64. The molecule has 1 aromatic heterocycles. The number of carbonyl (C=O) groups is 1. The highest BCUT2D eigenvalue weighted by Gasteiger charge is 2.28. The molecule has 0 aliphatic carbocycles. The van der Waals surface area contributed by atoms with Crippen LogP contribution in [0.15, 0.2) is 17.6 Å². The Labute approximate surface area is 125 Å². The normalized spacial score (nSPS) is 17.7. The van der Waals surface area contributed by atoms with E-state index in [1.165, 1.54) is 16.8 Å². The summed E-state index contributed by atoms with van der Waals surface area (Å²) in [5.41, 5.74) is 0. The number of imidazole rings is 1. The number of aromatic amines is 1. The average Bonchev–Trinajstić information content (AvgIpc) is 2.89. The number of nitrogens with one attached hydrogen (secondary N) is 1. The molecule has 7 nitrogen and oxygen atoms in total. The van der Waals surface area contributed by atoms with Crippen LogP contribution in [0, 0.1) is 0 Å². The number of aromatic nitrogens is 2. The van der Waals surface area contributed by atoms with Gasteiger partial charge in [0.25, 0.3) is 10.0 Å². The van der Waals surface area contributed by atoms with E-state index < -0.39 is 10.0 Å². The van der Waals surface area contributed by atoms with Gasteiger partial charge in [0.2, 0.25) is 5.91 Å². The maximum Gasteiger partial charge on any atom is 0.260 e. The molecule has 0 bridgehead atoms. The molecular formula is C13H22N4O3S. The van der Waals surface area contributed by atoms with Crippen LogP contribution in [0.1, 0.15) is 32.6 Å². The van der Waals surface area contributed by atoms with Gasteiger partial charge in [-0.1, -0.05) is 13.3 Å². The van der Waals surface area contributed by atoms with Gasteiger partial charge >= 0.3 is 0 Å². The van der Waals surface area contributed by atoms with E-state index in [4.69, 9.17) is 0 Å². The van der Waals surface area contributed by atoms with Crippen LogP contribution in [0.2, 0.25) is 0 Å². The summed E-state index contributed by atoms with van der Waals surface area (Å²) in [4.78, 5) is 20.2. The number of amides is 1. The molecule has 0 unspecified atom stereocenters. The van der Waals surface area contributed by atoms with E-state index in [1.807, 2.05) is 0 Å². The first-order chi connectivity index (χ1) is 10.1. The Bertz CT molecular complexity index is 556. The Kier molecular flexibility index (Phi) is 5.35. The summed E-state index contributed by atoms with van der Waals surface area (Å²) < 4.78 is 26.2. The van der Waals surface area contributed by atoms with Crippen molar-refractivity contribution in [2.24, 2.45) is 0 Å². The Morgan fingerprint density at radius 3 is 2.81 bits per heavy atom. The summed E-state index contributed by atoms with van der Waals surface area (Å²) in [6.07, 6.45) is 5.73. The van der Waals surface area contributed by atoms with Crippen molar-refractivity contribution in [3.8, 4) is 0 Å². The van der Waals surface area contributed by atoms with E-state index in [0.717, 1.165) is 12.8 Å². The number of H-pyrrole nitrogens is 1. The monoisotopic (exact) mass is 314 g/mol. The second kappa shape index (κ2) is 7.04. The molecule has 2 heterocycles. The summed E-state index contributed by atoms with van der Waals surface area (Å²) in [5.74, 6) is 0.123. The van der Waals surface area contributed by atoms with Crippen molar-refractivity contribution in [1.82, 2.24) is 19.2 Å². The Morgan fingerprint density at radius 2 is 2.14 bits per heavy atom. The molecule has 0 saturated carbocycles. The van der Waals surface area contributed by atoms with Crippen LogP contribution in [0.25, 0.3) is 0 Å². The molecule has 0 atom stereocenters. The lowest BCUT2D eigenvalue weighted by molar-refractivity contribution is -0.131. The molecule has 1 fully saturated rings. The van der Waals surface area contributed by atoms with E-state index in [9.17, 15) is 13.2 Å². The second-order valence-electron chi connectivity index (χ2n) is 5.16. The minimum atomic E-state index is -3.53. The van der Waals surface area contributed by atoms with Crippen molar-refractivity contribution >= 4 is 15.9 Å². The molecule has 2 rings (SSSR count). The first-order valence-corrected chi connectivity index (χ1v) is 8.76. The topological polar surface area (TPSA) is 86.4 Å². The first kappa shape index (κ1) is 16.0. The molecule has 0 radical (unpaired) electrons. The molecule has 1 aromatic rings. The minimum Gasteiger partial charge on any atom is -0.341 e. The number of nitrogens with zero attached hydrogens (tertiary/aromatic N) is 3. The molecule has 1 N–H and O–H groups in total. The van der Waals surface area contributed by atoms with Gasteiger partial charge in [-0.25, -0.2) is 13.4 Å². The van der Waals surface area contributed by atoms with Crippen LogP contribution in [0.4, 0.5) is 0 Å². The average molecular weight is 314 g/mol. The molecule has 1 saturated heterocycles. The van der Waals surface area contributed by atoms with Crippen molar-refractivity contribution in [2.75, 3.05) is 26.2 Å². The van der Waals surface area contributed by atoms with E-state index in [2.05, 4.69) is 16.9 Å². The van der Waals surface area contributed by atoms with Crippen LogP contribution in [-0.2, 0) is 14.8 Å². The number of carbonyl (C=O) groups excluding carboxylic acids is 1. The summed E-state index contributed by atoms with van der Waals surface area (Å²) in [6.45, 7) is 3.89. The molecule has 1 aliphatic rings. The predicted octanol–water partition coefficient (Wildman–Crippen LogP) is 0.823. The second-order valence-corrected chi connectivity index (χ2v) is 7.06. The van der Waals surface area contributed by atoms with E-state index >= 15 is 0 Å². The highest BCUT2D eigenvalue weighted by Crippen LogP contribution is 2.15. The molecule has 1 amide bonds. The van der Waals surface area contributed by atoms with E-state index in [-0.39, 0.29) is 10.9 Å². The Balaban J connectivity index is 1.99. The third kappa shape index (κ3) is 3.82. The van der Waals surface area contributed by atoms with Crippen LogP contribution in [-0.4, -0.2) is 59.7 Å². The molecule has 1 aliphatic heterocycles. The van der Waals surface area contributed by atoms with Gasteiger partial charge in [0, 0.05) is 32.6 Å². The summed E-state index contributed by atoms with van der Waals surface area (Å²) in [7, 11) is -3.53. The maximum atomic E-state index is 12.4. The lowest BCUT2D eigenvalue weighted by atomic mass is 10.2. The number of hydrogen-bond donors (Lipinski definition) is 1. The van der Waals surface area contributed by atoms with Crippen molar-refractivity contribution < 1.29 is 13.2 Å². The van der Waals surface area contributed by atoms with E-state index in [0.29, 0.717) is 39.0 Å². The zero-order valence-electron chi connectivity index (χ0n) is 12.3. The number of unbranched alkanes of at least 4 members (excludes halogenated alkanes) is 1. The number of hydrogen-bond acceptors (Lipinski definition) is 4. The molecule has 21 heavy (non-hydrogen) atoms. The summed E-state index contributed by atoms with van der Waals surface area (Å²) in [5, 5.41) is 0.105. The molecule has 0 aromatic carbocycles. The quantitative estimate of drug-likeness (QED) is 0.872. The highest BCUT2D eigenvalue weighted by atomic mass is 32.2. The van der Waals surface area contributed by atoms with Crippen LogP contribution < -0.4 is 0 Å². The van der Waals surface area contributed by atoms with Gasteiger partial charge < -0.3 is 9.88 Å². The van der Waals surface area contributed by atoms with Gasteiger partial charge in [-0.2, -0.15) is 4.31 Å². The fraction of sp³-hybridized carbons (Fsp3) is 0.692. The van der Waals surface area contributed by atoms with Gasteiger partial charge in [0.15, 0.2) is 5.03 Å². The van der Waals surface area contributed by atoms with Crippen LogP contribution in [0.3, 0.4) is 0 Å². The highest BCUT2D eigenvalue weighted by molar-refractivity contribution is 7.89. The molecule has 8 heteroatoms. The Hall–Kier alpha value is -1.41. The van der Waals surface area contributed by atoms with Crippen molar-refractivity contribution in [3.63, 3.8) is 0 Å². The van der Waals surface area contributed by atoms with Crippen molar-refractivity contribution in [3.05, 3.63) is 12.5 Å². The van der Waals surface area contributed by atoms with Gasteiger partial charge in [-0.3, -0.25) is 4.79 Å². The van der Waals surface area contributed by atoms with Gasteiger partial charge in [-0.15, -0.1) is 0 Å². The zero-order valence-corrected chi connectivity index (χ0v) is 13.1. The minimum absolute atomic E-state index is 0.105. The lowest BCUT2D eigenvalue weighted by Gasteiger charge is -2.21. The van der Waals surface area contributed by atoms with E-state index in [1.54, 1.807) is 4.90 Å². The molecular weight excluding hydrogens is 292 g/mol. The zero-order chi connectivity index (χ0) is 15.3. The lowest BCUT2D eigenvalue weighted by Crippen LogP contribution is -2.37. The maximum absolute atomic E-state index is 12.4. The molecule has 0 spiro atoms. The van der Waals surface area contributed by atoms with Gasteiger partial charge in [-0.05, 0) is 12.8 Å². The summed E-state index contributed by atoms with van der Waals surface area (Å²) in [6, 6.07) is 0.